The second-order valence-corrected chi connectivity index (χ2v) is 3.57. The molecule has 1 amide bonds. The fourth-order valence-electron chi connectivity index (χ4n) is 1.48. The lowest BCUT2D eigenvalue weighted by molar-refractivity contribution is 0.100. The SMILES string of the molecule is CN(c1cncnc1)c1cccc(C(N)=O)c1. The Morgan fingerprint density at radius 1 is 1.24 bits per heavy atom. The van der Waals surface area contributed by atoms with Crippen molar-refractivity contribution in [1.29, 1.82) is 0 Å². The first-order valence-electron chi connectivity index (χ1n) is 5.07. The average molecular weight is 228 g/mol. The summed E-state index contributed by atoms with van der Waals surface area (Å²) >= 11 is 0. The molecular weight excluding hydrogens is 216 g/mol. The first-order valence-corrected chi connectivity index (χ1v) is 5.07. The molecule has 2 rings (SSSR count). The molecule has 0 saturated carbocycles. The van der Waals surface area contributed by atoms with Gasteiger partial charge in [-0.15, -0.1) is 0 Å². The Kier molecular flexibility index (Phi) is 3.00. The van der Waals surface area contributed by atoms with Crippen LogP contribution in [0.4, 0.5) is 11.4 Å². The molecule has 1 heterocycles. The van der Waals surface area contributed by atoms with Crippen LogP contribution in [0.3, 0.4) is 0 Å². The van der Waals surface area contributed by atoms with E-state index in [0.717, 1.165) is 11.4 Å². The lowest BCUT2D eigenvalue weighted by atomic mass is 10.2. The molecule has 86 valence electrons. The second-order valence-electron chi connectivity index (χ2n) is 3.57. The highest BCUT2D eigenvalue weighted by atomic mass is 16.1. The summed E-state index contributed by atoms with van der Waals surface area (Å²) in [6, 6.07) is 7.09. The minimum Gasteiger partial charge on any atom is -0.366 e. The summed E-state index contributed by atoms with van der Waals surface area (Å²) < 4.78 is 0. The van der Waals surface area contributed by atoms with E-state index in [1.54, 1.807) is 30.6 Å². The van der Waals surface area contributed by atoms with Crippen LogP contribution in [0.15, 0.2) is 43.0 Å². The summed E-state index contributed by atoms with van der Waals surface area (Å²) in [6.07, 6.45) is 4.87. The maximum atomic E-state index is 11.1. The third kappa shape index (κ3) is 2.39. The zero-order valence-corrected chi connectivity index (χ0v) is 9.37. The Balaban J connectivity index is 2.34. The number of aromatic nitrogens is 2. The van der Waals surface area contributed by atoms with Crippen molar-refractivity contribution < 1.29 is 4.79 Å². The number of hydrogen-bond acceptors (Lipinski definition) is 4. The van der Waals surface area contributed by atoms with Crippen LogP contribution in [0.1, 0.15) is 10.4 Å². The van der Waals surface area contributed by atoms with Crippen LogP contribution in [-0.2, 0) is 0 Å². The van der Waals surface area contributed by atoms with Gasteiger partial charge in [-0.25, -0.2) is 9.97 Å². The van der Waals surface area contributed by atoms with Gasteiger partial charge in [0.2, 0.25) is 5.91 Å². The summed E-state index contributed by atoms with van der Waals surface area (Å²) in [5.74, 6) is -0.440. The number of hydrogen-bond donors (Lipinski definition) is 1. The van der Waals surface area contributed by atoms with E-state index in [9.17, 15) is 4.79 Å². The Bertz CT molecular complexity index is 527. The van der Waals surface area contributed by atoms with Gasteiger partial charge in [0.05, 0.1) is 18.1 Å². The second kappa shape index (κ2) is 4.61. The van der Waals surface area contributed by atoms with Crippen molar-refractivity contribution in [2.45, 2.75) is 0 Å². The molecule has 0 spiro atoms. The Morgan fingerprint density at radius 3 is 2.59 bits per heavy atom. The van der Waals surface area contributed by atoms with E-state index in [1.807, 2.05) is 18.0 Å². The third-order valence-electron chi connectivity index (χ3n) is 2.45. The molecule has 0 radical (unpaired) electrons. The van der Waals surface area contributed by atoms with Gasteiger partial charge in [0.15, 0.2) is 0 Å². The third-order valence-corrected chi connectivity index (χ3v) is 2.45. The fraction of sp³-hybridized carbons (Fsp3) is 0.0833. The molecule has 0 unspecified atom stereocenters. The number of primary amides is 1. The fourth-order valence-corrected chi connectivity index (χ4v) is 1.48. The molecule has 0 saturated heterocycles. The van der Waals surface area contributed by atoms with Crippen LogP contribution < -0.4 is 10.6 Å². The van der Waals surface area contributed by atoms with E-state index in [1.165, 1.54) is 6.33 Å². The highest BCUT2D eigenvalue weighted by Crippen LogP contribution is 2.22. The molecule has 17 heavy (non-hydrogen) atoms. The summed E-state index contributed by atoms with van der Waals surface area (Å²) in [5.41, 5.74) is 7.42. The van der Waals surface area contributed by atoms with Gasteiger partial charge in [-0.05, 0) is 18.2 Å². The highest BCUT2D eigenvalue weighted by molar-refractivity contribution is 5.93. The van der Waals surface area contributed by atoms with E-state index in [0.29, 0.717) is 5.56 Å². The topological polar surface area (TPSA) is 72.1 Å². The van der Waals surface area contributed by atoms with Gasteiger partial charge in [0.1, 0.15) is 6.33 Å². The molecule has 0 fully saturated rings. The average Bonchev–Trinajstić information content (AvgIpc) is 2.39. The molecule has 1 aromatic heterocycles. The number of nitrogens with two attached hydrogens (primary N) is 1. The summed E-state index contributed by atoms with van der Waals surface area (Å²) in [5, 5.41) is 0. The Labute approximate surface area is 98.9 Å². The molecule has 0 aliphatic heterocycles. The van der Waals surface area contributed by atoms with Gasteiger partial charge in [-0.2, -0.15) is 0 Å². The quantitative estimate of drug-likeness (QED) is 0.860. The summed E-state index contributed by atoms with van der Waals surface area (Å²) in [4.78, 5) is 20.9. The molecule has 5 heteroatoms. The van der Waals surface area contributed by atoms with E-state index >= 15 is 0 Å². The van der Waals surface area contributed by atoms with E-state index in [2.05, 4.69) is 9.97 Å². The van der Waals surface area contributed by atoms with Crippen LogP contribution >= 0.6 is 0 Å². The van der Waals surface area contributed by atoms with Gasteiger partial charge >= 0.3 is 0 Å². The summed E-state index contributed by atoms with van der Waals surface area (Å²) in [6.45, 7) is 0. The molecule has 2 aromatic rings. The van der Waals surface area contributed by atoms with Crippen molar-refractivity contribution in [3.8, 4) is 0 Å². The number of carbonyl (C=O) groups is 1. The van der Waals surface area contributed by atoms with Gasteiger partial charge < -0.3 is 10.6 Å². The predicted octanol–water partition coefficient (Wildman–Crippen LogP) is 1.34. The van der Waals surface area contributed by atoms with Crippen LogP contribution in [0, 0.1) is 0 Å². The van der Waals surface area contributed by atoms with Crippen molar-refractivity contribution >= 4 is 17.3 Å². The van der Waals surface area contributed by atoms with E-state index in [4.69, 9.17) is 5.73 Å². The van der Waals surface area contributed by atoms with Gasteiger partial charge in [-0.1, -0.05) is 6.07 Å². The van der Waals surface area contributed by atoms with Crippen molar-refractivity contribution in [2.24, 2.45) is 5.73 Å². The number of nitrogens with zero attached hydrogens (tertiary/aromatic N) is 3. The van der Waals surface area contributed by atoms with Crippen molar-refractivity contribution in [3.63, 3.8) is 0 Å². The monoisotopic (exact) mass is 228 g/mol. The maximum Gasteiger partial charge on any atom is 0.248 e. The highest BCUT2D eigenvalue weighted by Gasteiger charge is 2.06. The molecule has 0 atom stereocenters. The minimum absolute atomic E-state index is 0.440. The standard InChI is InChI=1S/C12H12N4O/c1-16(11-6-14-8-15-7-11)10-4-2-3-9(5-10)12(13)17/h2-8H,1H3,(H2,13,17). The van der Waals surface area contributed by atoms with Crippen LogP contribution in [-0.4, -0.2) is 22.9 Å². The van der Waals surface area contributed by atoms with Crippen molar-refractivity contribution in [1.82, 2.24) is 9.97 Å². The molecule has 1 aromatic carbocycles. The number of amides is 1. The van der Waals surface area contributed by atoms with Gasteiger partial charge in [-0.3, -0.25) is 4.79 Å². The zero-order valence-electron chi connectivity index (χ0n) is 9.37. The minimum atomic E-state index is -0.440. The molecular formula is C12H12N4O. The molecule has 0 aliphatic rings. The van der Waals surface area contributed by atoms with Gasteiger partial charge in [0.25, 0.3) is 0 Å². The van der Waals surface area contributed by atoms with E-state index in [-0.39, 0.29) is 0 Å². The summed E-state index contributed by atoms with van der Waals surface area (Å²) in [7, 11) is 1.87. The van der Waals surface area contributed by atoms with E-state index < -0.39 is 5.91 Å². The molecule has 5 nitrogen and oxygen atoms in total. The van der Waals surface area contributed by atoms with Crippen molar-refractivity contribution in [3.05, 3.63) is 48.5 Å². The lowest BCUT2D eigenvalue weighted by Gasteiger charge is -2.18. The number of benzene rings is 1. The smallest absolute Gasteiger partial charge is 0.248 e. The predicted molar refractivity (Wildman–Crippen MR) is 65.1 cm³/mol. The molecule has 2 N–H and O–H groups in total. The molecule has 0 bridgehead atoms. The first kappa shape index (κ1) is 11.1. The molecule has 0 aliphatic carbocycles. The van der Waals surface area contributed by atoms with Gasteiger partial charge in [0, 0.05) is 18.3 Å². The Hall–Kier alpha value is -2.43. The number of carbonyl (C=O) groups excluding carboxylic acids is 1. The Morgan fingerprint density at radius 2 is 1.94 bits per heavy atom. The number of rotatable bonds is 3. The van der Waals surface area contributed by atoms with Crippen LogP contribution in [0.5, 0.6) is 0 Å². The lowest BCUT2D eigenvalue weighted by Crippen LogP contribution is -2.14. The maximum absolute atomic E-state index is 11.1. The van der Waals surface area contributed by atoms with Crippen LogP contribution in [0.25, 0.3) is 0 Å². The normalized spacial score (nSPS) is 9.94. The first-order chi connectivity index (χ1) is 8.18. The van der Waals surface area contributed by atoms with Crippen molar-refractivity contribution in [2.75, 3.05) is 11.9 Å². The zero-order chi connectivity index (χ0) is 12.3. The number of anilines is 2. The largest absolute Gasteiger partial charge is 0.366 e. The van der Waals surface area contributed by atoms with Crippen LogP contribution in [0.2, 0.25) is 0 Å².